The average molecular weight is 397 g/mol. The SMILES string of the molecule is Cc1cc2c(N3CCCC3C(=O)N3C[C@@H]4[C@@H]5CC[C@@H](C5)[C@]4(C)C3)ncnc2s1. The molecule has 2 aliphatic carbocycles. The number of rotatable bonds is 2. The maximum Gasteiger partial charge on any atom is 0.245 e. The predicted molar refractivity (Wildman–Crippen MR) is 112 cm³/mol. The van der Waals surface area contributed by atoms with Crippen LogP contribution in [0, 0.1) is 30.1 Å². The molecule has 6 rings (SSSR count). The van der Waals surface area contributed by atoms with Crippen LogP contribution in [-0.2, 0) is 4.79 Å². The quantitative estimate of drug-likeness (QED) is 0.773. The molecular weight excluding hydrogens is 368 g/mol. The summed E-state index contributed by atoms with van der Waals surface area (Å²) in [6, 6.07) is 2.12. The molecule has 2 aliphatic heterocycles. The number of carbonyl (C=O) groups excluding carboxylic acids is 1. The Hall–Kier alpha value is -1.69. The Bertz CT molecular complexity index is 957. The van der Waals surface area contributed by atoms with Gasteiger partial charge in [-0.2, -0.15) is 0 Å². The van der Waals surface area contributed by atoms with Crippen LogP contribution in [-0.4, -0.2) is 46.5 Å². The van der Waals surface area contributed by atoms with E-state index in [0.717, 1.165) is 66.3 Å². The van der Waals surface area contributed by atoms with E-state index < -0.39 is 0 Å². The van der Waals surface area contributed by atoms with Crippen molar-refractivity contribution in [3.8, 4) is 0 Å². The number of anilines is 1. The standard InChI is InChI=1S/C22H28N4OS/c1-13-8-16-19(23-12-24-20(16)28-13)26-7-3-4-18(26)21(27)25-10-17-14-5-6-15(9-14)22(17,2)11-25/h8,12,14-15,17-18H,3-7,9-11H2,1-2H3/t14-,15+,17-,18?,22+/m1/s1. The lowest BCUT2D eigenvalue weighted by Gasteiger charge is -2.34. The Kier molecular flexibility index (Phi) is 3.63. The summed E-state index contributed by atoms with van der Waals surface area (Å²) in [5.74, 6) is 3.73. The van der Waals surface area contributed by atoms with Gasteiger partial charge >= 0.3 is 0 Å². The van der Waals surface area contributed by atoms with Gasteiger partial charge in [-0.15, -0.1) is 11.3 Å². The summed E-state index contributed by atoms with van der Waals surface area (Å²) in [5.41, 5.74) is 0.370. The molecule has 2 aromatic heterocycles. The van der Waals surface area contributed by atoms with Crippen molar-refractivity contribution in [1.29, 1.82) is 0 Å². The van der Waals surface area contributed by atoms with E-state index in [1.165, 1.54) is 24.1 Å². The summed E-state index contributed by atoms with van der Waals surface area (Å²) >= 11 is 1.70. The fraction of sp³-hybridized carbons (Fsp3) is 0.682. The minimum atomic E-state index is -0.0571. The summed E-state index contributed by atoms with van der Waals surface area (Å²) < 4.78 is 0. The molecular formula is C22H28N4OS. The van der Waals surface area contributed by atoms with Crippen LogP contribution in [0.3, 0.4) is 0 Å². The summed E-state index contributed by atoms with van der Waals surface area (Å²) in [6.07, 6.45) is 7.84. The third-order valence-corrected chi connectivity index (χ3v) is 9.28. The molecule has 4 aliphatic rings. The van der Waals surface area contributed by atoms with Gasteiger partial charge in [-0.3, -0.25) is 4.79 Å². The number of aryl methyl sites for hydroxylation is 1. The maximum atomic E-state index is 13.6. The van der Waals surface area contributed by atoms with Gasteiger partial charge < -0.3 is 9.80 Å². The zero-order chi connectivity index (χ0) is 19.0. The molecule has 6 heteroatoms. The van der Waals surface area contributed by atoms with Crippen LogP contribution in [0.15, 0.2) is 12.4 Å². The Morgan fingerprint density at radius 1 is 1.29 bits per heavy atom. The van der Waals surface area contributed by atoms with Crippen LogP contribution in [0.2, 0.25) is 0 Å². The Morgan fingerprint density at radius 3 is 3.04 bits per heavy atom. The first-order chi connectivity index (χ1) is 13.5. The third-order valence-electron chi connectivity index (χ3n) is 8.32. The number of aromatic nitrogens is 2. The van der Waals surface area contributed by atoms with Gasteiger partial charge in [0.1, 0.15) is 23.0 Å². The van der Waals surface area contributed by atoms with Crippen molar-refractivity contribution in [1.82, 2.24) is 14.9 Å². The molecule has 4 heterocycles. The molecule has 1 unspecified atom stereocenters. The molecule has 5 nitrogen and oxygen atoms in total. The highest BCUT2D eigenvalue weighted by molar-refractivity contribution is 7.18. The predicted octanol–water partition coefficient (Wildman–Crippen LogP) is 3.86. The molecule has 0 N–H and O–H groups in total. The van der Waals surface area contributed by atoms with E-state index in [0.29, 0.717) is 11.3 Å². The number of hydrogen-bond donors (Lipinski definition) is 0. The highest BCUT2D eigenvalue weighted by atomic mass is 32.1. The first-order valence-electron chi connectivity index (χ1n) is 10.8. The lowest BCUT2D eigenvalue weighted by Crippen LogP contribution is -2.46. The molecule has 5 atom stereocenters. The zero-order valence-corrected chi connectivity index (χ0v) is 17.5. The van der Waals surface area contributed by atoms with E-state index in [9.17, 15) is 4.79 Å². The van der Waals surface area contributed by atoms with Crippen LogP contribution in [0.4, 0.5) is 5.82 Å². The zero-order valence-electron chi connectivity index (χ0n) is 16.7. The molecule has 2 aromatic rings. The van der Waals surface area contributed by atoms with Crippen molar-refractivity contribution in [2.75, 3.05) is 24.5 Å². The van der Waals surface area contributed by atoms with Crippen molar-refractivity contribution in [2.24, 2.45) is 23.2 Å². The van der Waals surface area contributed by atoms with Crippen molar-refractivity contribution >= 4 is 33.3 Å². The summed E-state index contributed by atoms with van der Waals surface area (Å²) in [7, 11) is 0. The highest BCUT2D eigenvalue weighted by Gasteiger charge is 2.60. The maximum absolute atomic E-state index is 13.6. The molecule has 148 valence electrons. The smallest absolute Gasteiger partial charge is 0.245 e. The van der Waals surface area contributed by atoms with Crippen LogP contribution in [0.25, 0.3) is 10.2 Å². The minimum absolute atomic E-state index is 0.0571. The molecule has 0 aromatic carbocycles. The van der Waals surface area contributed by atoms with Gasteiger partial charge in [0.2, 0.25) is 5.91 Å². The first-order valence-corrected chi connectivity index (χ1v) is 11.6. The molecule has 2 saturated heterocycles. The number of fused-ring (bicyclic) bond motifs is 6. The van der Waals surface area contributed by atoms with Gasteiger partial charge in [-0.05, 0) is 68.3 Å². The number of nitrogens with zero attached hydrogens (tertiary/aromatic N) is 4. The van der Waals surface area contributed by atoms with Gasteiger partial charge in [0, 0.05) is 24.5 Å². The Labute approximate surface area is 170 Å². The minimum Gasteiger partial charge on any atom is -0.344 e. The summed E-state index contributed by atoms with van der Waals surface area (Å²) in [5, 5.41) is 1.10. The molecule has 1 amide bonds. The van der Waals surface area contributed by atoms with Crippen molar-refractivity contribution in [3.63, 3.8) is 0 Å². The van der Waals surface area contributed by atoms with Gasteiger partial charge in [0.15, 0.2) is 0 Å². The normalized spacial score (nSPS) is 36.6. The van der Waals surface area contributed by atoms with Crippen LogP contribution in [0.1, 0.15) is 43.9 Å². The molecule has 2 saturated carbocycles. The number of thiophene rings is 1. The fourth-order valence-electron chi connectivity index (χ4n) is 6.99. The second-order valence-corrected chi connectivity index (χ2v) is 11.0. The monoisotopic (exact) mass is 396 g/mol. The second kappa shape index (κ2) is 5.91. The van der Waals surface area contributed by atoms with Crippen LogP contribution in [0.5, 0.6) is 0 Å². The van der Waals surface area contributed by atoms with E-state index in [2.05, 4.69) is 39.7 Å². The first kappa shape index (κ1) is 17.2. The fourth-order valence-corrected chi connectivity index (χ4v) is 7.83. The van der Waals surface area contributed by atoms with Gasteiger partial charge in [-0.1, -0.05) is 6.92 Å². The second-order valence-electron chi connectivity index (χ2n) is 9.73. The average Bonchev–Trinajstić information content (AvgIpc) is 3.45. The molecule has 2 bridgehead atoms. The van der Waals surface area contributed by atoms with E-state index in [1.54, 1.807) is 17.7 Å². The molecule has 0 spiro atoms. The van der Waals surface area contributed by atoms with Gasteiger partial charge in [-0.25, -0.2) is 9.97 Å². The number of amides is 1. The lowest BCUT2D eigenvalue weighted by atomic mass is 9.70. The Morgan fingerprint density at radius 2 is 2.18 bits per heavy atom. The third kappa shape index (κ3) is 2.27. The summed E-state index contributed by atoms with van der Waals surface area (Å²) in [6.45, 7) is 7.44. The van der Waals surface area contributed by atoms with Crippen molar-refractivity contribution in [2.45, 2.75) is 52.0 Å². The number of carbonyl (C=O) groups is 1. The van der Waals surface area contributed by atoms with Gasteiger partial charge in [0.25, 0.3) is 0 Å². The van der Waals surface area contributed by atoms with E-state index in [-0.39, 0.29) is 6.04 Å². The largest absolute Gasteiger partial charge is 0.344 e. The van der Waals surface area contributed by atoms with E-state index in [4.69, 9.17) is 0 Å². The Balaban J connectivity index is 1.29. The van der Waals surface area contributed by atoms with Crippen LogP contribution >= 0.6 is 11.3 Å². The van der Waals surface area contributed by atoms with Crippen molar-refractivity contribution < 1.29 is 4.79 Å². The molecule has 28 heavy (non-hydrogen) atoms. The number of hydrogen-bond acceptors (Lipinski definition) is 5. The molecule has 0 radical (unpaired) electrons. The topological polar surface area (TPSA) is 49.3 Å². The highest BCUT2D eigenvalue weighted by Crippen LogP contribution is 2.62. The lowest BCUT2D eigenvalue weighted by molar-refractivity contribution is -0.132. The van der Waals surface area contributed by atoms with Crippen LogP contribution < -0.4 is 4.90 Å². The number of likely N-dealkylation sites (tertiary alicyclic amines) is 1. The van der Waals surface area contributed by atoms with E-state index >= 15 is 0 Å². The molecule has 4 fully saturated rings. The van der Waals surface area contributed by atoms with Crippen molar-refractivity contribution in [3.05, 3.63) is 17.3 Å². The summed E-state index contributed by atoms with van der Waals surface area (Å²) in [4.78, 5) is 29.4. The van der Waals surface area contributed by atoms with Gasteiger partial charge in [0.05, 0.1) is 5.39 Å². The van der Waals surface area contributed by atoms with E-state index in [1.807, 2.05) is 0 Å².